The first-order valence-corrected chi connectivity index (χ1v) is 12.1. The molecule has 0 N–H and O–H groups in total. The maximum atomic E-state index is 5.62. The molecule has 0 aliphatic heterocycles. The van der Waals surface area contributed by atoms with Crippen LogP contribution in [0.3, 0.4) is 0 Å². The fraction of sp³-hybridized carbons (Fsp3) is 0.143. The minimum atomic E-state index is 0.779. The van der Waals surface area contributed by atoms with Gasteiger partial charge in [0.1, 0.15) is 0 Å². The van der Waals surface area contributed by atoms with Crippen molar-refractivity contribution in [2.75, 3.05) is 0 Å². The Morgan fingerprint density at radius 1 is 1.60 bits per heavy atom. The molecule has 0 saturated carbocycles. The Morgan fingerprint density at radius 3 is 2.50 bits per heavy atom. The van der Waals surface area contributed by atoms with Crippen LogP contribution in [-0.4, -0.2) is 0 Å². The van der Waals surface area contributed by atoms with Crippen LogP contribution in [0.5, 0.6) is 0 Å². The van der Waals surface area contributed by atoms with Crippen LogP contribution in [0.4, 0.5) is 0 Å². The van der Waals surface area contributed by atoms with E-state index < -0.39 is 0 Å². The molecule has 0 atom stereocenters. The topological polar surface area (TPSA) is 0 Å². The number of benzene rings is 1. The number of rotatable bonds is 0. The predicted molar refractivity (Wildman–Crippen MR) is 49.0 cm³/mol. The molecule has 50 valence electrons. The molecule has 0 aliphatic carbocycles. The summed E-state index contributed by atoms with van der Waals surface area (Å²) in [6, 6.07) is 8.50. The first-order chi connectivity index (χ1) is 4.79. The van der Waals surface area contributed by atoms with Crippen LogP contribution >= 0.6 is 31.4 Å². The summed E-state index contributed by atoms with van der Waals surface area (Å²) in [6.45, 7) is 1.96. The van der Waals surface area contributed by atoms with Crippen molar-refractivity contribution in [2.45, 2.75) is 6.92 Å². The molecule has 0 spiro atoms. The Bertz CT molecular complexity index is 173. The fourth-order valence-electron chi connectivity index (χ4n) is 0.549. The van der Waals surface area contributed by atoms with Crippen molar-refractivity contribution in [1.82, 2.24) is 0 Å². The van der Waals surface area contributed by atoms with E-state index in [0.717, 1.165) is 10.6 Å². The molecule has 1 rings (SSSR count). The molecule has 0 aliphatic rings. The average molecular weight is 318 g/mol. The minimum absolute atomic E-state index is 0.779. The molecule has 1 aromatic carbocycles. The van der Waals surface area contributed by atoms with E-state index in [9.17, 15) is 0 Å². The van der Waals surface area contributed by atoms with Crippen LogP contribution in [0.2, 0.25) is 5.02 Å². The Kier molecular flexibility index (Phi) is 7.13. The van der Waals surface area contributed by atoms with Gasteiger partial charge in [0, 0.05) is 0 Å². The van der Waals surface area contributed by atoms with Gasteiger partial charge >= 0.3 is 34.5 Å². The zero-order valence-corrected chi connectivity index (χ0v) is 11.6. The number of hydrogen-bond acceptors (Lipinski definition) is 0. The Balaban J connectivity index is 0.000000371. The fourth-order valence-corrected chi connectivity index (χ4v) is 0.776. The Hall–Kier alpha value is 0.863. The quantitative estimate of drug-likeness (QED) is 0.391. The van der Waals surface area contributed by atoms with E-state index in [2.05, 4.69) is 25.8 Å². The molecule has 0 nitrogen and oxygen atoms in total. The summed E-state index contributed by atoms with van der Waals surface area (Å²) in [5, 5.41) is 0.779. The summed E-state index contributed by atoms with van der Waals surface area (Å²) >= 11 is 9.24. The second-order valence-electron chi connectivity index (χ2n) is 1.69. The van der Waals surface area contributed by atoms with Crippen molar-refractivity contribution < 1.29 is 14.8 Å². The zero-order chi connectivity index (χ0) is 7.98. The van der Waals surface area contributed by atoms with Gasteiger partial charge in [0.2, 0.25) is 0 Å². The molecule has 0 unspecified atom stereocenters. The van der Waals surface area contributed by atoms with E-state index in [1.54, 1.807) is 0 Å². The van der Waals surface area contributed by atoms with E-state index in [-0.39, 0.29) is 0 Å². The van der Waals surface area contributed by atoms with E-state index in [4.69, 9.17) is 11.6 Å². The third kappa shape index (κ3) is 4.64. The summed E-state index contributed by atoms with van der Waals surface area (Å²) in [7, 11) is 0. The standard InChI is InChI=1S/C7H6Cl.HI.Zn/c1-6-3-2-4-7(8)5-6;;/h2,4-5H,1H3;1H;/q-1;;+2/p-1. The second-order valence-corrected chi connectivity index (χ2v) is 2.13. The number of halogens is 2. The molecule has 0 heterocycles. The van der Waals surface area contributed by atoms with Crippen LogP contribution in [0, 0.1) is 13.0 Å². The first kappa shape index (κ1) is 10.9. The van der Waals surface area contributed by atoms with Gasteiger partial charge in [0.05, 0.1) is 0 Å². The van der Waals surface area contributed by atoms with Gasteiger partial charge in [-0.05, 0) is 0 Å². The van der Waals surface area contributed by atoms with Crippen LogP contribution in [-0.2, 0) is 14.8 Å². The van der Waals surface area contributed by atoms with Gasteiger partial charge in [-0.3, -0.25) is 0 Å². The van der Waals surface area contributed by atoms with E-state index >= 15 is 0 Å². The van der Waals surface area contributed by atoms with Gasteiger partial charge < -0.3 is 0 Å². The van der Waals surface area contributed by atoms with Crippen LogP contribution < -0.4 is 0 Å². The van der Waals surface area contributed by atoms with Gasteiger partial charge in [0.25, 0.3) is 0 Å². The van der Waals surface area contributed by atoms with Gasteiger partial charge in [-0.1, -0.05) is 11.9 Å². The molecule has 0 saturated heterocycles. The summed E-state index contributed by atoms with van der Waals surface area (Å²) in [5.74, 6) is 0. The summed E-state index contributed by atoms with van der Waals surface area (Å²) < 4.78 is 0. The molecular formula is C7H6ClIZn. The maximum absolute atomic E-state index is 5.62. The average Bonchev–Trinajstić information content (AvgIpc) is 1.91. The summed E-state index contributed by atoms with van der Waals surface area (Å²) in [6.07, 6.45) is 0. The summed E-state index contributed by atoms with van der Waals surface area (Å²) in [5.41, 5.74) is 1.08. The van der Waals surface area contributed by atoms with Crippen LogP contribution in [0.1, 0.15) is 5.56 Å². The van der Waals surface area contributed by atoms with E-state index in [0.29, 0.717) is 0 Å². The first-order valence-electron chi connectivity index (χ1n) is 2.69. The monoisotopic (exact) mass is 316 g/mol. The van der Waals surface area contributed by atoms with Gasteiger partial charge in [-0.25, -0.2) is 0 Å². The molecule has 10 heavy (non-hydrogen) atoms. The third-order valence-electron chi connectivity index (χ3n) is 0.908. The molecule has 0 fully saturated rings. The second kappa shape index (κ2) is 6.57. The molecule has 1 aromatic rings. The van der Waals surface area contributed by atoms with Crippen molar-refractivity contribution in [2.24, 2.45) is 0 Å². The van der Waals surface area contributed by atoms with Crippen LogP contribution in [0.25, 0.3) is 0 Å². The van der Waals surface area contributed by atoms with Crippen molar-refractivity contribution in [3.8, 4) is 0 Å². The van der Waals surface area contributed by atoms with Crippen molar-refractivity contribution in [1.29, 1.82) is 0 Å². The molecule has 0 bridgehead atoms. The van der Waals surface area contributed by atoms with E-state index in [1.807, 2.05) is 25.1 Å². The van der Waals surface area contributed by atoms with Crippen molar-refractivity contribution in [3.63, 3.8) is 0 Å². The van der Waals surface area contributed by atoms with Crippen LogP contribution in [0.15, 0.2) is 18.2 Å². The predicted octanol–water partition coefficient (Wildman–Crippen LogP) is 3.33. The van der Waals surface area contributed by atoms with Gasteiger partial charge in [-0.2, -0.15) is 23.8 Å². The van der Waals surface area contributed by atoms with Gasteiger partial charge in [0.15, 0.2) is 0 Å². The molecule has 0 radical (unpaired) electrons. The van der Waals surface area contributed by atoms with E-state index in [1.165, 1.54) is 14.8 Å². The molecular weight excluding hydrogens is 312 g/mol. The number of aryl methyl sites for hydroxylation is 1. The molecule has 0 amide bonds. The SMILES string of the molecule is Cc1[c-]ccc(Cl)c1.[Zn+][I]. The van der Waals surface area contributed by atoms with Crippen molar-refractivity contribution >= 4 is 31.4 Å². The number of hydrogen-bond donors (Lipinski definition) is 0. The third-order valence-corrected chi connectivity index (χ3v) is 1.14. The Morgan fingerprint density at radius 2 is 2.20 bits per heavy atom. The zero-order valence-electron chi connectivity index (χ0n) is 5.70. The molecule has 0 aromatic heterocycles. The van der Waals surface area contributed by atoms with Gasteiger partial charge in [-0.15, -0.1) is 17.7 Å². The Labute approximate surface area is 87.2 Å². The normalized spacial score (nSPS) is 8.10. The molecule has 3 heteroatoms. The van der Waals surface area contributed by atoms with Crippen molar-refractivity contribution in [3.05, 3.63) is 34.9 Å². The summed E-state index contributed by atoms with van der Waals surface area (Å²) in [4.78, 5) is 0.